The Labute approximate surface area is 125 Å². The molecule has 0 saturated carbocycles. The fourth-order valence-electron chi connectivity index (χ4n) is 2.53. The van der Waals surface area contributed by atoms with E-state index in [0.29, 0.717) is 13.0 Å². The summed E-state index contributed by atoms with van der Waals surface area (Å²) in [4.78, 5) is 23.8. The van der Waals surface area contributed by atoms with Crippen molar-refractivity contribution in [2.45, 2.75) is 38.6 Å². The zero-order valence-corrected chi connectivity index (χ0v) is 12.6. The smallest absolute Gasteiger partial charge is 0.242 e. The second-order valence-electron chi connectivity index (χ2n) is 5.45. The predicted molar refractivity (Wildman–Crippen MR) is 83.2 cm³/mol. The van der Waals surface area contributed by atoms with Gasteiger partial charge in [0.15, 0.2) is 0 Å². The van der Waals surface area contributed by atoms with Gasteiger partial charge in [-0.1, -0.05) is 25.1 Å². The largest absolute Gasteiger partial charge is 0.384 e. The summed E-state index contributed by atoms with van der Waals surface area (Å²) in [5, 5.41) is 8.85. The van der Waals surface area contributed by atoms with Gasteiger partial charge in [-0.15, -0.1) is 0 Å². The zero-order chi connectivity index (χ0) is 15.2. The second-order valence-corrected chi connectivity index (χ2v) is 5.45. The molecule has 21 heavy (non-hydrogen) atoms. The third kappa shape index (κ3) is 3.97. The van der Waals surface area contributed by atoms with E-state index in [1.807, 2.05) is 31.2 Å². The highest BCUT2D eigenvalue weighted by Crippen LogP contribution is 2.32. The third-order valence-electron chi connectivity index (χ3n) is 3.69. The highest BCUT2D eigenvalue weighted by Gasteiger charge is 2.25. The Morgan fingerprint density at radius 2 is 2.14 bits per heavy atom. The highest BCUT2D eigenvalue weighted by atomic mass is 16.2. The molecule has 1 aromatic rings. The number of hydrogen-bond donors (Lipinski definition) is 3. The molecule has 0 fully saturated rings. The Balaban J connectivity index is 1.84. The summed E-state index contributed by atoms with van der Waals surface area (Å²) in [5.41, 5.74) is 2.28. The summed E-state index contributed by atoms with van der Waals surface area (Å²) in [7, 11) is 0. The summed E-state index contributed by atoms with van der Waals surface area (Å²) in [6.45, 7) is 5.11. The van der Waals surface area contributed by atoms with E-state index in [1.54, 1.807) is 6.92 Å². The predicted octanol–water partition coefficient (Wildman–Crippen LogP) is 1.62. The number of carbonyl (C=O) groups is 2. The lowest BCUT2D eigenvalue weighted by Crippen LogP contribution is -2.45. The van der Waals surface area contributed by atoms with Gasteiger partial charge in [-0.05, 0) is 25.0 Å². The molecule has 0 radical (unpaired) electrons. The molecule has 3 N–H and O–H groups in total. The van der Waals surface area contributed by atoms with E-state index in [-0.39, 0.29) is 17.7 Å². The van der Waals surface area contributed by atoms with Crippen molar-refractivity contribution in [2.24, 2.45) is 0 Å². The second kappa shape index (κ2) is 7.11. The van der Waals surface area contributed by atoms with Crippen molar-refractivity contribution < 1.29 is 9.59 Å². The van der Waals surface area contributed by atoms with Crippen molar-refractivity contribution in [2.75, 3.05) is 18.4 Å². The number of benzene rings is 1. The van der Waals surface area contributed by atoms with Crippen LogP contribution in [-0.2, 0) is 9.59 Å². The van der Waals surface area contributed by atoms with E-state index in [0.717, 1.165) is 18.7 Å². The van der Waals surface area contributed by atoms with Gasteiger partial charge in [-0.3, -0.25) is 9.59 Å². The number of anilines is 1. The molecule has 0 bridgehead atoms. The van der Waals surface area contributed by atoms with Crippen LogP contribution in [0.1, 0.15) is 38.2 Å². The van der Waals surface area contributed by atoms with Crippen LogP contribution in [0.2, 0.25) is 0 Å². The summed E-state index contributed by atoms with van der Waals surface area (Å²) in [6.07, 6.45) is 1.28. The summed E-state index contributed by atoms with van der Waals surface area (Å²) in [5.74, 6) is -0.0418. The molecule has 5 nitrogen and oxygen atoms in total. The molecule has 0 spiro atoms. The number of hydrogen-bond acceptors (Lipinski definition) is 3. The maximum atomic E-state index is 12.1. The molecular weight excluding hydrogens is 266 g/mol. The number of carbonyl (C=O) groups excluding carboxylic acids is 2. The van der Waals surface area contributed by atoms with Gasteiger partial charge in [0.1, 0.15) is 6.04 Å². The quantitative estimate of drug-likeness (QED) is 0.745. The number of rotatable bonds is 6. The van der Waals surface area contributed by atoms with Crippen LogP contribution in [0.5, 0.6) is 0 Å². The van der Waals surface area contributed by atoms with Gasteiger partial charge >= 0.3 is 0 Å². The Bertz CT molecular complexity index is 516. The molecule has 1 aromatic carbocycles. The molecule has 1 aliphatic rings. The first-order chi connectivity index (χ1) is 10.1. The fraction of sp³-hybridized carbons (Fsp3) is 0.500. The Morgan fingerprint density at radius 3 is 2.90 bits per heavy atom. The maximum absolute atomic E-state index is 12.1. The minimum atomic E-state index is -0.492. The van der Waals surface area contributed by atoms with Crippen LogP contribution in [-0.4, -0.2) is 30.9 Å². The average Bonchev–Trinajstić information content (AvgIpc) is 2.88. The van der Waals surface area contributed by atoms with Crippen LogP contribution >= 0.6 is 0 Å². The Kier molecular flexibility index (Phi) is 5.20. The molecule has 1 heterocycles. The van der Waals surface area contributed by atoms with Crippen LogP contribution < -0.4 is 16.0 Å². The molecule has 114 valence electrons. The van der Waals surface area contributed by atoms with Crippen LogP contribution in [0.25, 0.3) is 0 Å². The van der Waals surface area contributed by atoms with Gasteiger partial charge in [0.25, 0.3) is 0 Å². The van der Waals surface area contributed by atoms with Crippen molar-refractivity contribution in [3.8, 4) is 0 Å². The molecular formula is C16H23N3O2. The molecule has 2 amide bonds. The number of para-hydroxylation sites is 1. The van der Waals surface area contributed by atoms with E-state index in [2.05, 4.69) is 16.0 Å². The third-order valence-corrected chi connectivity index (χ3v) is 3.69. The van der Waals surface area contributed by atoms with Gasteiger partial charge in [-0.25, -0.2) is 0 Å². The summed E-state index contributed by atoms with van der Waals surface area (Å²) in [6, 6.07) is 7.54. The van der Waals surface area contributed by atoms with Crippen molar-refractivity contribution >= 4 is 17.5 Å². The lowest BCUT2D eigenvalue weighted by Gasteiger charge is -2.15. The molecule has 2 rings (SSSR count). The van der Waals surface area contributed by atoms with Gasteiger partial charge in [0, 0.05) is 31.1 Å². The minimum absolute atomic E-state index is 0.0855. The van der Waals surface area contributed by atoms with E-state index >= 15 is 0 Å². The van der Waals surface area contributed by atoms with Gasteiger partial charge in [0.2, 0.25) is 11.8 Å². The fourth-order valence-corrected chi connectivity index (χ4v) is 2.53. The van der Waals surface area contributed by atoms with Gasteiger partial charge < -0.3 is 16.0 Å². The van der Waals surface area contributed by atoms with Crippen molar-refractivity contribution in [1.82, 2.24) is 10.6 Å². The van der Waals surface area contributed by atoms with Crippen molar-refractivity contribution in [1.29, 1.82) is 0 Å². The number of fused-ring (bicyclic) bond motifs is 1. The first-order valence-electron chi connectivity index (χ1n) is 7.51. The summed E-state index contributed by atoms with van der Waals surface area (Å²) < 4.78 is 0. The van der Waals surface area contributed by atoms with Crippen LogP contribution in [0, 0.1) is 0 Å². The van der Waals surface area contributed by atoms with E-state index in [1.165, 1.54) is 5.56 Å². The van der Waals surface area contributed by atoms with Gasteiger partial charge in [0.05, 0.1) is 0 Å². The molecule has 0 aliphatic carbocycles. The normalized spacial score (nSPS) is 17.5. The molecule has 5 heteroatoms. The lowest BCUT2D eigenvalue weighted by atomic mass is 9.97. The topological polar surface area (TPSA) is 70.2 Å². The maximum Gasteiger partial charge on any atom is 0.242 e. The molecule has 0 saturated heterocycles. The van der Waals surface area contributed by atoms with Crippen LogP contribution in [0.3, 0.4) is 0 Å². The SMILES string of the molecule is CCCNC(=O)C(C)NC(=O)CC1CNc2ccccc21. The number of nitrogens with one attached hydrogen (secondary N) is 3. The number of amides is 2. The van der Waals surface area contributed by atoms with Crippen LogP contribution in [0.15, 0.2) is 24.3 Å². The highest BCUT2D eigenvalue weighted by molar-refractivity contribution is 5.87. The van der Waals surface area contributed by atoms with Crippen molar-refractivity contribution in [3.05, 3.63) is 29.8 Å². The standard InChI is InChI=1S/C16H23N3O2/c1-3-8-17-16(21)11(2)19-15(20)9-12-10-18-14-7-5-4-6-13(12)14/h4-7,11-12,18H,3,8-10H2,1-2H3,(H,17,21)(H,19,20). The molecule has 2 atom stereocenters. The van der Waals surface area contributed by atoms with E-state index < -0.39 is 6.04 Å². The zero-order valence-electron chi connectivity index (χ0n) is 12.6. The average molecular weight is 289 g/mol. The first kappa shape index (κ1) is 15.4. The molecule has 0 aromatic heterocycles. The summed E-state index contributed by atoms with van der Waals surface area (Å²) >= 11 is 0. The molecule has 2 unspecified atom stereocenters. The van der Waals surface area contributed by atoms with E-state index in [9.17, 15) is 9.59 Å². The monoisotopic (exact) mass is 289 g/mol. The first-order valence-corrected chi connectivity index (χ1v) is 7.51. The Morgan fingerprint density at radius 1 is 1.38 bits per heavy atom. The van der Waals surface area contributed by atoms with Gasteiger partial charge in [-0.2, -0.15) is 0 Å². The van der Waals surface area contributed by atoms with Crippen molar-refractivity contribution in [3.63, 3.8) is 0 Å². The van der Waals surface area contributed by atoms with Crippen LogP contribution in [0.4, 0.5) is 5.69 Å². The minimum Gasteiger partial charge on any atom is -0.384 e. The van der Waals surface area contributed by atoms with E-state index in [4.69, 9.17) is 0 Å². The molecule has 1 aliphatic heterocycles. The Hall–Kier alpha value is -2.04. The lowest BCUT2D eigenvalue weighted by molar-refractivity contribution is -0.128.